The van der Waals surface area contributed by atoms with Crippen molar-refractivity contribution in [1.82, 2.24) is 5.32 Å². The average Bonchev–Trinajstić information content (AvgIpc) is 2.38. The lowest BCUT2D eigenvalue weighted by atomic mass is 10.00. The van der Waals surface area contributed by atoms with Crippen molar-refractivity contribution in [1.29, 1.82) is 0 Å². The van der Waals surface area contributed by atoms with Crippen LogP contribution in [0.25, 0.3) is 0 Å². The van der Waals surface area contributed by atoms with E-state index in [1.54, 1.807) is 0 Å². The fourth-order valence-electron chi connectivity index (χ4n) is 2.22. The highest BCUT2D eigenvalue weighted by Crippen LogP contribution is 2.19. The molecule has 18 heavy (non-hydrogen) atoms. The molecule has 0 saturated carbocycles. The minimum Gasteiger partial charge on any atom is -0.310 e. The van der Waals surface area contributed by atoms with Crippen LogP contribution >= 0.6 is 0 Å². The topological polar surface area (TPSA) is 12.0 Å². The van der Waals surface area contributed by atoms with Crippen molar-refractivity contribution in [3.05, 3.63) is 35.9 Å². The lowest BCUT2D eigenvalue weighted by molar-refractivity contribution is 0.444. The first-order valence-electron chi connectivity index (χ1n) is 7.52. The Morgan fingerprint density at radius 1 is 1.00 bits per heavy atom. The van der Waals surface area contributed by atoms with Gasteiger partial charge in [-0.05, 0) is 30.9 Å². The molecule has 1 N–H and O–H groups in total. The van der Waals surface area contributed by atoms with E-state index in [1.807, 2.05) is 0 Å². The van der Waals surface area contributed by atoms with E-state index in [0.29, 0.717) is 6.04 Å². The molecule has 0 radical (unpaired) electrons. The maximum absolute atomic E-state index is 3.73. The summed E-state index contributed by atoms with van der Waals surface area (Å²) in [5.41, 5.74) is 1.44. The molecule has 0 spiro atoms. The van der Waals surface area contributed by atoms with Crippen molar-refractivity contribution in [3.8, 4) is 0 Å². The van der Waals surface area contributed by atoms with Crippen LogP contribution in [0.15, 0.2) is 30.3 Å². The van der Waals surface area contributed by atoms with Gasteiger partial charge in [-0.15, -0.1) is 0 Å². The first kappa shape index (κ1) is 15.2. The Labute approximate surface area is 113 Å². The van der Waals surface area contributed by atoms with Gasteiger partial charge < -0.3 is 5.32 Å². The van der Waals surface area contributed by atoms with Gasteiger partial charge in [-0.2, -0.15) is 0 Å². The zero-order chi connectivity index (χ0) is 13.2. The van der Waals surface area contributed by atoms with Crippen molar-refractivity contribution < 1.29 is 0 Å². The van der Waals surface area contributed by atoms with Crippen LogP contribution in [0.2, 0.25) is 0 Å². The van der Waals surface area contributed by atoms with Crippen molar-refractivity contribution in [2.45, 2.75) is 58.9 Å². The van der Waals surface area contributed by atoms with E-state index in [9.17, 15) is 0 Å². The highest BCUT2D eigenvalue weighted by Gasteiger charge is 2.09. The van der Waals surface area contributed by atoms with Crippen LogP contribution in [0.4, 0.5) is 0 Å². The van der Waals surface area contributed by atoms with Gasteiger partial charge in [-0.25, -0.2) is 0 Å². The highest BCUT2D eigenvalue weighted by molar-refractivity contribution is 5.18. The SMILES string of the molecule is CCCCCC(NCCC(C)C)c1ccccc1. The Hall–Kier alpha value is -0.820. The Balaban J connectivity index is 2.47. The molecule has 1 heteroatoms. The second-order valence-electron chi connectivity index (χ2n) is 5.60. The smallest absolute Gasteiger partial charge is 0.0320 e. The van der Waals surface area contributed by atoms with Gasteiger partial charge in [-0.3, -0.25) is 0 Å². The number of unbranched alkanes of at least 4 members (excludes halogenated alkanes) is 2. The molecule has 0 saturated heterocycles. The van der Waals surface area contributed by atoms with E-state index in [2.05, 4.69) is 56.4 Å². The van der Waals surface area contributed by atoms with Gasteiger partial charge in [0.2, 0.25) is 0 Å². The van der Waals surface area contributed by atoms with Gasteiger partial charge in [0.25, 0.3) is 0 Å². The molecule has 0 aliphatic rings. The van der Waals surface area contributed by atoms with Crippen molar-refractivity contribution in [2.75, 3.05) is 6.54 Å². The van der Waals surface area contributed by atoms with E-state index in [1.165, 1.54) is 37.7 Å². The summed E-state index contributed by atoms with van der Waals surface area (Å²) in [4.78, 5) is 0. The van der Waals surface area contributed by atoms with E-state index >= 15 is 0 Å². The summed E-state index contributed by atoms with van der Waals surface area (Å²) in [5.74, 6) is 0.782. The van der Waals surface area contributed by atoms with Crippen LogP contribution in [0.1, 0.15) is 64.5 Å². The summed E-state index contributed by atoms with van der Waals surface area (Å²) < 4.78 is 0. The van der Waals surface area contributed by atoms with E-state index in [0.717, 1.165) is 12.5 Å². The largest absolute Gasteiger partial charge is 0.310 e. The Bertz CT molecular complexity index is 292. The zero-order valence-corrected chi connectivity index (χ0v) is 12.3. The minimum atomic E-state index is 0.538. The third-order valence-electron chi connectivity index (χ3n) is 3.41. The standard InChI is InChI=1S/C17H29N/c1-4-5-7-12-17(18-14-13-15(2)3)16-10-8-6-9-11-16/h6,8-11,15,17-18H,4-5,7,12-14H2,1-3H3. The van der Waals surface area contributed by atoms with Gasteiger partial charge in [0.15, 0.2) is 0 Å². The van der Waals surface area contributed by atoms with Gasteiger partial charge in [0, 0.05) is 6.04 Å². The summed E-state index contributed by atoms with van der Waals surface area (Å²) in [6.45, 7) is 7.97. The number of benzene rings is 1. The molecule has 1 atom stereocenters. The second kappa shape index (κ2) is 9.16. The molecule has 1 nitrogen and oxygen atoms in total. The van der Waals surface area contributed by atoms with Crippen LogP contribution in [0.5, 0.6) is 0 Å². The molecule has 0 heterocycles. The molecule has 1 unspecified atom stereocenters. The summed E-state index contributed by atoms with van der Waals surface area (Å²) in [5, 5.41) is 3.73. The molecule has 1 rings (SSSR count). The normalized spacial score (nSPS) is 12.9. The monoisotopic (exact) mass is 247 g/mol. The van der Waals surface area contributed by atoms with Crippen LogP contribution in [-0.4, -0.2) is 6.54 Å². The van der Waals surface area contributed by atoms with Gasteiger partial charge in [0.05, 0.1) is 0 Å². The fraction of sp³-hybridized carbons (Fsp3) is 0.647. The molecular formula is C17H29N. The minimum absolute atomic E-state index is 0.538. The molecule has 0 aliphatic heterocycles. The lowest BCUT2D eigenvalue weighted by Gasteiger charge is -2.20. The molecule has 1 aromatic carbocycles. The van der Waals surface area contributed by atoms with E-state index < -0.39 is 0 Å². The third-order valence-corrected chi connectivity index (χ3v) is 3.41. The van der Waals surface area contributed by atoms with Crippen LogP contribution in [-0.2, 0) is 0 Å². The van der Waals surface area contributed by atoms with Gasteiger partial charge in [-0.1, -0.05) is 70.4 Å². The van der Waals surface area contributed by atoms with Crippen molar-refractivity contribution in [3.63, 3.8) is 0 Å². The predicted molar refractivity (Wildman–Crippen MR) is 80.8 cm³/mol. The molecule has 0 amide bonds. The van der Waals surface area contributed by atoms with Crippen LogP contribution < -0.4 is 5.32 Å². The maximum Gasteiger partial charge on any atom is 0.0320 e. The van der Waals surface area contributed by atoms with E-state index in [-0.39, 0.29) is 0 Å². The molecule has 1 aromatic rings. The van der Waals surface area contributed by atoms with Crippen LogP contribution in [0.3, 0.4) is 0 Å². The van der Waals surface area contributed by atoms with Gasteiger partial charge >= 0.3 is 0 Å². The zero-order valence-electron chi connectivity index (χ0n) is 12.3. The third kappa shape index (κ3) is 6.20. The molecule has 102 valence electrons. The molecule has 0 aromatic heterocycles. The summed E-state index contributed by atoms with van der Waals surface area (Å²) in [6.07, 6.45) is 6.49. The number of nitrogens with one attached hydrogen (secondary N) is 1. The first-order valence-corrected chi connectivity index (χ1v) is 7.52. The van der Waals surface area contributed by atoms with Crippen LogP contribution in [0, 0.1) is 5.92 Å². The average molecular weight is 247 g/mol. The molecular weight excluding hydrogens is 218 g/mol. The number of hydrogen-bond donors (Lipinski definition) is 1. The summed E-state index contributed by atoms with van der Waals surface area (Å²) in [6, 6.07) is 11.4. The Morgan fingerprint density at radius 2 is 1.72 bits per heavy atom. The quantitative estimate of drug-likeness (QED) is 0.609. The van der Waals surface area contributed by atoms with Crippen molar-refractivity contribution >= 4 is 0 Å². The summed E-state index contributed by atoms with van der Waals surface area (Å²) >= 11 is 0. The number of rotatable bonds is 9. The maximum atomic E-state index is 3.73. The Morgan fingerprint density at radius 3 is 2.33 bits per heavy atom. The molecule has 0 bridgehead atoms. The fourth-order valence-corrected chi connectivity index (χ4v) is 2.22. The predicted octanol–water partition coefficient (Wildman–Crippen LogP) is 4.94. The molecule has 0 fully saturated rings. The number of hydrogen-bond acceptors (Lipinski definition) is 1. The second-order valence-corrected chi connectivity index (χ2v) is 5.60. The highest BCUT2D eigenvalue weighted by atomic mass is 14.9. The lowest BCUT2D eigenvalue weighted by Crippen LogP contribution is -2.23. The van der Waals surface area contributed by atoms with E-state index in [4.69, 9.17) is 0 Å². The first-order chi connectivity index (χ1) is 8.74. The van der Waals surface area contributed by atoms with Crippen molar-refractivity contribution in [2.24, 2.45) is 5.92 Å². The van der Waals surface area contributed by atoms with Gasteiger partial charge in [0.1, 0.15) is 0 Å². The Kier molecular flexibility index (Phi) is 7.75. The molecule has 0 aliphatic carbocycles. The summed E-state index contributed by atoms with van der Waals surface area (Å²) in [7, 11) is 0.